The fourth-order valence-corrected chi connectivity index (χ4v) is 3.89. The lowest BCUT2D eigenvalue weighted by molar-refractivity contribution is 0.0953. The number of nitrogens with one attached hydrogen (secondary N) is 2. The maximum absolute atomic E-state index is 12.1. The quantitative estimate of drug-likeness (QED) is 0.764. The average molecular weight is 371 g/mol. The van der Waals surface area contributed by atoms with Crippen molar-refractivity contribution in [2.24, 2.45) is 4.40 Å². The number of hydrogen-bond acceptors (Lipinski definition) is 4. The van der Waals surface area contributed by atoms with Crippen LogP contribution in [0.3, 0.4) is 0 Å². The van der Waals surface area contributed by atoms with Gasteiger partial charge in [0.05, 0.1) is 0 Å². The van der Waals surface area contributed by atoms with Crippen LogP contribution in [0.2, 0.25) is 0 Å². The molecule has 0 unspecified atom stereocenters. The number of carbonyl (C=O) groups is 1. The number of amidine groups is 1. The molecule has 2 aromatic rings. The van der Waals surface area contributed by atoms with Crippen molar-refractivity contribution < 1.29 is 13.2 Å². The molecule has 0 radical (unpaired) electrons. The lowest BCUT2D eigenvalue weighted by atomic mass is 10.1. The number of rotatable bonds is 6. The van der Waals surface area contributed by atoms with Crippen LogP contribution in [0, 0.1) is 0 Å². The van der Waals surface area contributed by atoms with E-state index >= 15 is 0 Å². The summed E-state index contributed by atoms with van der Waals surface area (Å²) in [6.07, 6.45) is 3.17. The maximum Gasteiger partial charge on any atom is 0.285 e. The molecule has 1 aliphatic heterocycles. The predicted octanol–water partition coefficient (Wildman–Crippen LogP) is 3.17. The fraction of sp³-hybridized carbons (Fsp3) is 0.263. The highest BCUT2D eigenvalue weighted by Gasteiger charge is 2.28. The first-order valence-electron chi connectivity index (χ1n) is 8.61. The fourth-order valence-electron chi connectivity index (χ4n) is 2.72. The molecular weight excluding hydrogens is 350 g/mol. The molecule has 2 N–H and O–H groups in total. The summed E-state index contributed by atoms with van der Waals surface area (Å²) in [5, 5.41) is 5.91. The predicted molar refractivity (Wildman–Crippen MR) is 102 cm³/mol. The Labute approximate surface area is 153 Å². The Kier molecular flexibility index (Phi) is 5.37. The molecule has 3 rings (SSSR count). The number of nitrogens with zero attached hydrogens (tertiary/aromatic N) is 1. The number of amides is 1. The van der Waals surface area contributed by atoms with Crippen LogP contribution in [-0.4, -0.2) is 26.7 Å². The highest BCUT2D eigenvalue weighted by atomic mass is 32.2. The first kappa shape index (κ1) is 18.1. The second kappa shape index (κ2) is 7.70. The van der Waals surface area contributed by atoms with E-state index in [9.17, 15) is 13.2 Å². The lowest BCUT2D eigenvalue weighted by Gasteiger charge is -2.08. The second-order valence-corrected chi connectivity index (χ2v) is 7.65. The molecule has 0 aliphatic carbocycles. The van der Waals surface area contributed by atoms with Gasteiger partial charge in [0, 0.05) is 23.4 Å². The molecule has 0 bridgehead atoms. The molecule has 2 aromatic carbocycles. The highest BCUT2D eigenvalue weighted by Crippen LogP contribution is 2.26. The zero-order valence-corrected chi connectivity index (χ0v) is 15.3. The van der Waals surface area contributed by atoms with Crippen LogP contribution in [0.1, 0.15) is 42.1 Å². The van der Waals surface area contributed by atoms with E-state index in [1.165, 1.54) is 6.07 Å². The first-order valence-corrected chi connectivity index (χ1v) is 10.0. The van der Waals surface area contributed by atoms with Gasteiger partial charge in [0.2, 0.25) is 0 Å². The van der Waals surface area contributed by atoms with Crippen molar-refractivity contribution in [1.82, 2.24) is 5.32 Å². The standard InChI is InChI=1S/C19H21N3O3S/c1-2-3-6-13-20-19(23)14-9-11-15(12-10-14)21-18-16-7-4-5-8-17(16)26(24,25)22-18/h4-5,7-12H,2-3,6,13H2,1H3,(H,20,23)(H,21,22). The van der Waals surface area contributed by atoms with Gasteiger partial charge in [0.25, 0.3) is 15.9 Å². The Balaban J connectivity index is 1.68. The van der Waals surface area contributed by atoms with E-state index in [2.05, 4.69) is 22.0 Å². The van der Waals surface area contributed by atoms with E-state index in [4.69, 9.17) is 0 Å². The summed E-state index contributed by atoms with van der Waals surface area (Å²) in [5.74, 6) is 0.177. The molecule has 7 heteroatoms. The van der Waals surface area contributed by atoms with E-state index in [0.717, 1.165) is 19.3 Å². The number of benzene rings is 2. The normalized spacial score (nSPS) is 14.4. The van der Waals surface area contributed by atoms with Gasteiger partial charge < -0.3 is 10.6 Å². The van der Waals surface area contributed by atoms with Crippen molar-refractivity contribution in [1.29, 1.82) is 0 Å². The van der Waals surface area contributed by atoms with E-state index in [1.807, 2.05) is 0 Å². The number of hydrogen-bond donors (Lipinski definition) is 2. The van der Waals surface area contributed by atoms with Crippen molar-refractivity contribution in [3.05, 3.63) is 59.7 Å². The van der Waals surface area contributed by atoms with Crippen LogP contribution in [0.25, 0.3) is 0 Å². The number of sulfonamides is 1. The van der Waals surface area contributed by atoms with Crippen LogP contribution in [0.4, 0.5) is 5.69 Å². The summed E-state index contributed by atoms with van der Waals surface area (Å²) < 4.78 is 27.9. The number of carbonyl (C=O) groups excluding carboxylic acids is 1. The van der Waals surface area contributed by atoms with E-state index < -0.39 is 10.0 Å². The molecule has 0 saturated heterocycles. The molecule has 6 nitrogen and oxygen atoms in total. The van der Waals surface area contributed by atoms with Crippen molar-refractivity contribution >= 4 is 27.5 Å². The van der Waals surface area contributed by atoms with Gasteiger partial charge >= 0.3 is 0 Å². The zero-order chi connectivity index (χ0) is 18.6. The minimum atomic E-state index is -3.65. The van der Waals surface area contributed by atoms with Crippen LogP contribution in [0.15, 0.2) is 57.8 Å². The molecule has 0 spiro atoms. The minimum absolute atomic E-state index is 0.112. The van der Waals surface area contributed by atoms with Crippen molar-refractivity contribution in [3.8, 4) is 0 Å². The van der Waals surface area contributed by atoms with Gasteiger partial charge in [-0.25, -0.2) is 0 Å². The molecule has 1 amide bonds. The summed E-state index contributed by atoms with van der Waals surface area (Å²) in [7, 11) is -3.65. The Morgan fingerprint density at radius 1 is 1.04 bits per heavy atom. The van der Waals surface area contributed by atoms with Crippen LogP contribution in [-0.2, 0) is 10.0 Å². The zero-order valence-electron chi connectivity index (χ0n) is 14.5. The molecule has 1 heterocycles. The summed E-state index contributed by atoms with van der Waals surface area (Å²) in [6.45, 7) is 2.78. The van der Waals surface area contributed by atoms with Crippen molar-refractivity contribution in [2.45, 2.75) is 31.1 Å². The van der Waals surface area contributed by atoms with Gasteiger partial charge in [-0.3, -0.25) is 4.79 Å². The van der Waals surface area contributed by atoms with Crippen LogP contribution in [0.5, 0.6) is 0 Å². The van der Waals surface area contributed by atoms with Crippen LogP contribution >= 0.6 is 0 Å². The molecule has 0 fully saturated rings. The third kappa shape index (κ3) is 3.94. The van der Waals surface area contributed by atoms with Gasteiger partial charge in [0.1, 0.15) is 4.90 Å². The Morgan fingerprint density at radius 2 is 1.77 bits per heavy atom. The molecule has 0 saturated carbocycles. The van der Waals surface area contributed by atoms with Gasteiger partial charge in [-0.15, -0.1) is 4.40 Å². The number of anilines is 1. The van der Waals surface area contributed by atoms with Gasteiger partial charge in [-0.05, 0) is 42.8 Å². The summed E-state index contributed by atoms with van der Waals surface area (Å²) in [5.41, 5.74) is 1.77. The summed E-state index contributed by atoms with van der Waals surface area (Å²) in [6, 6.07) is 13.6. The average Bonchev–Trinajstić information content (AvgIpc) is 2.90. The molecule has 136 valence electrons. The lowest BCUT2D eigenvalue weighted by Crippen LogP contribution is -2.24. The minimum Gasteiger partial charge on any atom is -0.352 e. The second-order valence-electron chi connectivity index (χ2n) is 6.08. The summed E-state index contributed by atoms with van der Waals surface area (Å²) in [4.78, 5) is 12.3. The van der Waals surface area contributed by atoms with Gasteiger partial charge in [-0.2, -0.15) is 8.42 Å². The molecule has 1 aliphatic rings. The van der Waals surface area contributed by atoms with E-state index in [1.54, 1.807) is 42.5 Å². The third-order valence-electron chi connectivity index (χ3n) is 4.11. The Bertz CT molecular complexity index is 935. The van der Waals surface area contributed by atoms with E-state index in [-0.39, 0.29) is 16.6 Å². The summed E-state index contributed by atoms with van der Waals surface area (Å²) >= 11 is 0. The number of fused-ring (bicyclic) bond motifs is 1. The molecule has 0 aromatic heterocycles. The van der Waals surface area contributed by atoms with E-state index in [0.29, 0.717) is 23.4 Å². The highest BCUT2D eigenvalue weighted by molar-refractivity contribution is 7.90. The third-order valence-corrected chi connectivity index (χ3v) is 5.44. The molecule has 26 heavy (non-hydrogen) atoms. The Hall–Kier alpha value is -2.67. The molecule has 0 atom stereocenters. The smallest absolute Gasteiger partial charge is 0.285 e. The SMILES string of the molecule is CCCCCNC(=O)c1ccc(NC2=NS(=O)(=O)c3ccccc32)cc1. The molecular formula is C19H21N3O3S. The van der Waals surface area contributed by atoms with Gasteiger partial charge in [-0.1, -0.05) is 31.9 Å². The largest absolute Gasteiger partial charge is 0.352 e. The maximum atomic E-state index is 12.1. The Morgan fingerprint density at radius 3 is 2.50 bits per heavy atom. The monoisotopic (exact) mass is 371 g/mol. The van der Waals surface area contributed by atoms with Crippen LogP contribution < -0.4 is 10.6 Å². The first-order chi connectivity index (χ1) is 12.5. The number of unbranched alkanes of at least 4 members (excludes halogenated alkanes) is 2. The van der Waals surface area contributed by atoms with Gasteiger partial charge in [0.15, 0.2) is 5.84 Å². The van der Waals surface area contributed by atoms with Crippen molar-refractivity contribution in [3.63, 3.8) is 0 Å². The topological polar surface area (TPSA) is 87.6 Å². The van der Waals surface area contributed by atoms with Crippen molar-refractivity contribution in [2.75, 3.05) is 11.9 Å².